The van der Waals surface area contributed by atoms with Crippen LogP contribution in [0.3, 0.4) is 0 Å². The van der Waals surface area contributed by atoms with E-state index in [1.54, 1.807) is 12.3 Å². The molecule has 0 spiro atoms. The third kappa shape index (κ3) is 3.75. The van der Waals surface area contributed by atoms with Crippen LogP contribution in [0.4, 0.5) is 18.9 Å². The Hall–Kier alpha value is -2.80. The molecule has 1 aliphatic rings. The van der Waals surface area contributed by atoms with Crippen molar-refractivity contribution in [2.75, 3.05) is 37.6 Å². The number of hydrogen-bond acceptors (Lipinski definition) is 3. The molecule has 2 aromatic carbocycles. The quantitative estimate of drug-likeness (QED) is 0.683. The van der Waals surface area contributed by atoms with Crippen LogP contribution < -0.4 is 4.90 Å². The van der Waals surface area contributed by atoms with E-state index in [0.717, 1.165) is 17.0 Å². The predicted octanol–water partition coefficient (Wildman–Crippen LogP) is 4.19. The number of piperazine rings is 1. The fourth-order valence-corrected chi connectivity index (χ4v) is 3.63. The number of halogens is 3. The highest BCUT2D eigenvalue weighted by molar-refractivity contribution is 6.08. The molecule has 0 bridgehead atoms. The maximum atomic E-state index is 12.9. The second-order valence-corrected chi connectivity index (χ2v) is 6.98. The highest BCUT2D eigenvalue weighted by atomic mass is 19.4. The van der Waals surface area contributed by atoms with E-state index in [4.69, 9.17) is 0 Å². The van der Waals surface area contributed by atoms with Crippen LogP contribution in [0.2, 0.25) is 0 Å². The lowest BCUT2D eigenvalue weighted by Crippen LogP contribution is -2.48. The van der Waals surface area contributed by atoms with Crippen molar-refractivity contribution >= 4 is 22.4 Å². The molecule has 0 aliphatic carbocycles. The van der Waals surface area contributed by atoms with Gasteiger partial charge < -0.3 is 9.88 Å². The summed E-state index contributed by atoms with van der Waals surface area (Å²) in [6.45, 7) is 2.73. The van der Waals surface area contributed by atoms with Crippen molar-refractivity contribution < 1.29 is 18.0 Å². The molecule has 0 saturated carbocycles. The monoisotopic (exact) mass is 387 g/mol. The van der Waals surface area contributed by atoms with Crippen molar-refractivity contribution in [1.29, 1.82) is 0 Å². The summed E-state index contributed by atoms with van der Waals surface area (Å²) < 4.78 is 38.8. The normalized spacial score (nSPS) is 15.9. The molecule has 0 unspecified atom stereocenters. The minimum Gasteiger partial charge on any atom is -0.369 e. The van der Waals surface area contributed by atoms with Crippen molar-refractivity contribution in [1.82, 2.24) is 9.88 Å². The van der Waals surface area contributed by atoms with Gasteiger partial charge in [0.2, 0.25) is 0 Å². The Kier molecular flexibility index (Phi) is 4.85. The number of benzene rings is 2. The lowest BCUT2D eigenvalue weighted by Gasteiger charge is -2.36. The summed E-state index contributed by atoms with van der Waals surface area (Å²) in [5.74, 6) is 0.0463. The molecule has 28 heavy (non-hydrogen) atoms. The first-order chi connectivity index (χ1) is 13.4. The van der Waals surface area contributed by atoms with Gasteiger partial charge in [-0.2, -0.15) is 13.2 Å². The van der Waals surface area contributed by atoms with Gasteiger partial charge in [0, 0.05) is 54.5 Å². The second-order valence-electron chi connectivity index (χ2n) is 6.98. The van der Waals surface area contributed by atoms with E-state index >= 15 is 0 Å². The molecule has 1 fully saturated rings. The van der Waals surface area contributed by atoms with Gasteiger partial charge in [0.25, 0.3) is 0 Å². The van der Waals surface area contributed by atoms with Crippen LogP contribution >= 0.6 is 0 Å². The predicted molar refractivity (Wildman–Crippen MR) is 103 cm³/mol. The molecule has 1 saturated heterocycles. The highest BCUT2D eigenvalue weighted by Gasteiger charge is 2.31. The van der Waals surface area contributed by atoms with Gasteiger partial charge in [-0.3, -0.25) is 9.69 Å². The van der Waals surface area contributed by atoms with Gasteiger partial charge in [-0.05, 0) is 24.3 Å². The molecule has 2 heterocycles. The number of alkyl halides is 3. The average Bonchev–Trinajstić information content (AvgIpc) is 3.12. The van der Waals surface area contributed by atoms with Gasteiger partial charge in [0.15, 0.2) is 5.78 Å². The molecule has 146 valence electrons. The molecule has 0 atom stereocenters. The Morgan fingerprint density at radius 2 is 1.75 bits per heavy atom. The SMILES string of the molecule is O=C(CN1CCN(c2cccc(C(F)(F)F)c2)CC1)c1c[nH]c2ccccc12. The highest BCUT2D eigenvalue weighted by Crippen LogP contribution is 2.32. The summed E-state index contributed by atoms with van der Waals surface area (Å²) in [5, 5.41) is 0.912. The summed E-state index contributed by atoms with van der Waals surface area (Å²) >= 11 is 0. The van der Waals surface area contributed by atoms with Gasteiger partial charge in [-0.1, -0.05) is 24.3 Å². The Bertz CT molecular complexity index is 988. The summed E-state index contributed by atoms with van der Waals surface area (Å²) in [6, 6.07) is 13.1. The number of nitrogens with zero attached hydrogens (tertiary/aromatic N) is 2. The minimum absolute atomic E-state index is 0.0463. The fourth-order valence-electron chi connectivity index (χ4n) is 3.63. The zero-order valence-corrected chi connectivity index (χ0v) is 15.2. The summed E-state index contributed by atoms with van der Waals surface area (Å²) in [6.07, 6.45) is -2.60. The number of fused-ring (bicyclic) bond motifs is 1. The Morgan fingerprint density at radius 3 is 2.50 bits per heavy atom. The number of rotatable bonds is 4. The molecule has 1 N–H and O–H groups in total. The zero-order chi connectivity index (χ0) is 19.7. The van der Waals surface area contributed by atoms with E-state index in [-0.39, 0.29) is 5.78 Å². The first kappa shape index (κ1) is 18.6. The van der Waals surface area contributed by atoms with Crippen LogP contribution in [0.5, 0.6) is 0 Å². The topological polar surface area (TPSA) is 39.3 Å². The van der Waals surface area contributed by atoms with Gasteiger partial charge in [-0.25, -0.2) is 0 Å². The van der Waals surface area contributed by atoms with Gasteiger partial charge >= 0.3 is 6.18 Å². The molecule has 7 heteroatoms. The first-order valence-electron chi connectivity index (χ1n) is 9.16. The first-order valence-corrected chi connectivity index (χ1v) is 9.16. The van der Waals surface area contributed by atoms with E-state index in [1.165, 1.54) is 12.1 Å². The largest absolute Gasteiger partial charge is 0.416 e. The lowest BCUT2D eigenvalue weighted by atomic mass is 10.1. The third-order valence-corrected chi connectivity index (χ3v) is 5.17. The number of Topliss-reactive ketones (excluding diaryl/α,β-unsaturated/α-hetero) is 1. The number of H-pyrrole nitrogens is 1. The smallest absolute Gasteiger partial charge is 0.369 e. The zero-order valence-electron chi connectivity index (χ0n) is 15.2. The number of hydrogen-bond donors (Lipinski definition) is 1. The maximum absolute atomic E-state index is 12.9. The van der Waals surface area contributed by atoms with Crippen molar-refractivity contribution in [2.45, 2.75) is 6.18 Å². The number of ketones is 1. The number of aromatic amines is 1. The van der Waals surface area contributed by atoms with E-state index < -0.39 is 11.7 Å². The Balaban J connectivity index is 1.39. The molecule has 1 aromatic heterocycles. The Labute approximate surface area is 160 Å². The van der Waals surface area contributed by atoms with Crippen LogP contribution in [0.15, 0.2) is 54.7 Å². The number of para-hydroxylation sites is 1. The van der Waals surface area contributed by atoms with Crippen LogP contribution in [0, 0.1) is 0 Å². The summed E-state index contributed by atoms with van der Waals surface area (Å²) in [4.78, 5) is 19.8. The van der Waals surface area contributed by atoms with E-state index in [0.29, 0.717) is 44.0 Å². The molecular formula is C21H20F3N3O. The minimum atomic E-state index is -4.34. The van der Waals surface area contributed by atoms with E-state index in [9.17, 15) is 18.0 Å². The van der Waals surface area contributed by atoms with E-state index in [2.05, 4.69) is 4.98 Å². The molecule has 1 aliphatic heterocycles. The molecule has 3 aromatic rings. The number of aromatic nitrogens is 1. The molecule has 0 amide bonds. The molecule has 0 radical (unpaired) electrons. The fraction of sp³-hybridized carbons (Fsp3) is 0.286. The standard InChI is InChI=1S/C21H20F3N3O/c22-21(23,24)15-4-3-5-16(12-15)27-10-8-26(9-11-27)14-20(28)18-13-25-19-7-2-1-6-17(18)19/h1-7,12-13,25H,8-11,14H2. The lowest BCUT2D eigenvalue weighted by molar-refractivity contribution is -0.137. The number of anilines is 1. The second kappa shape index (κ2) is 7.31. The molecular weight excluding hydrogens is 367 g/mol. The van der Waals surface area contributed by atoms with Crippen LogP contribution in [0.25, 0.3) is 10.9 Å². The van der Waals surface area contributed by atoms with Gasteiger partial charge in [-0.15, -0.1) is 0 Å². The molecule has 4 rings (SSSR count). The number of carbonyl (C=O) groups excluding carboxylic acids is 1. The number of carbonyl (C=O) groups is 1. The van der Waals surface area contributed by atoms with Crippen molar-refractivity contribution in [3.63, 3.8) is 0 Å². The third-order valence-electron chi connectivity index (χ3n) is 5.17. The van der Waals surface area contributed by atoms with Crippen molar-refractivity contribution in [3.8, 4) is 0 Å². The van der Waals surface area contributed by atoms with Crippen LogP contribution in [-0.2, 0) is 6.18 Å². The maximum Gasteiger partial charge on any atom is 0.416 e. The van der Waals surface area contributed by atoms with Crippen molar-refractivity contribution in [3.05, 3.63) is 65.9 Å². The van der Waals surface area contributed by atoms with Crippen LogP contribution in [-0.4, -0.2) is 48.4 Å². The van der Waals surface area contributed by atoms with E-state index in [1.807, 2.05) is 34.1 Å². The number of nitrogens with one attached hydrogen (secondary N) is 1. The summed E-state index contributed by atoms with van der Waals surface area (Å²) in [5.41, 5.74) is 1.54. The molecule has 4 nitrogen and oxygen atoms in total. The summed E-state index contributed by atoms with van der Waals surface area (Å²) in [7, 11) is 0. The average molecular weight is 387 g/mol. The van der Waals surface area contributed by atoms with Gasteiger partial charge in [0.05, 0.1) is 12.1 Å². The van der Waals surface area contributed by atoms with Crippen LogP contribution in [0.1, 0.15) is 15.9 Å². The van der Waals surface area contributed by atoms with Crippen molar-refractivity contribution in [2.24, 2.45) is 0 Å². The Morgan fingerprint density at radius 1 is 1.00 bits per heavy atom. The van der Waals surface area contributed by atoms with Gasteiger partial charge in [0.1, 0.15) is 0 Å².